The van der Waals surface area contributed by atoms with Crippen molar-refractivity contribution in [3.05, 3.63) is 53.1 Å². The number of aryl methyl sites for hydroxylation is 1. The summed E-state index contributed by atoms with van der Waals surface area (Å²) in [5, 5.41) is 2.97. The molecule has 0 radical (unpaired) electrons. The molecule has 8 heteroatoms. The molecule has 0 aliphatic heterocycles. The number of ether oxygens (including phenoxy) is 1. The van der Waals surface area contributed by atoms with Crippen LogP contribution in [0.3, 0.4) is 0 Å². The van der Waals surface area contributed by atoms with Gasteiger partial charge < -0.3 is 10.1 Å². The van der Waals surface area contributed by atoms with Crippen LogP contribution in [0.15, 0.2) is 47.4 Å². The average Bonchev–Trinajstić information content (AvgIpc) is 2.58. The van der Waals surface area contributed by atoms with Crippen molar-refractivity contribution in [1.82, 2.24) is 4.72 Å². The van der Waals surface area contributed by atoms with Gasteiger partial charge in [0.25, 0.3) is 0 Å². The Morgan fingerprint density at radius 2 is 1.92 bits per heavy atom. The van der Waals surface area contributed by atoms with E-state index in [-0.39, 0.29) is 15.7 Å². The van der Waals surface area contributed by atoms with Crippen molar-refractivity contribution < 1.29 is 17.9 Å². The zero-order valence-electron chi connectivity index (χ0n) is 14.7. The number of hydrogen-bond acceptors (Lipinski definition) is 4. The summed E-state index contributed by atoms with van der Waals surface area (Å²) in [6.07, 6.45) is 0. The molecule has 1 atom stereocenters. The van der Waals surface area contributed by atoms with Crippen LogP contribution in [-0.4, -0.2) is 27.0 Å². The number of sulfonamides is 1. The van der Waals surface area contributed by atoms with Crippen LogP contribution in [0.5, 0.6) is 5.75 Å². The molecule has 1 unspecified atom stereocenters. The number of hydrogen-bond donors (Lipinski definition) is 2. The predicted octanol–water partition coefficient (Wildman–Crippen LogP) is 3.35. The highest BCUT2D eigenvalue weighted by molar-refractivity contribution is 7.89. The highest BCUT2D eigenvalue weighted by Crippen LogP contribution is 2.27. The molecular formula is C18H21ClN2O4S. The van der Waals surface area contributed by atoms with E-state index >= 15 is 0 Å². The quantitative estimate of drug-likeness (QED) is 0.751. The van der Waals surface area contributed by atoms with E-state index in [9.17, 15) is 13.2 Å². The topological polar surface area (TPSA) is 84.5 Å². The second-order valence-corrected chi connectivity index (χ2v) is 7.79. The molecule has 0 fully saturated rings. The van der Waals surface area contributed by atoms with Gasteiger partial charge in [-0.2, -0.15) is 4.72 Å². The Labute approximate surface area is 158 Å². The van der Waals surface area contributed by atoms with Gasteiger partial charge in [0.15, 0.2) is 0 Å². The highest BCUT2D eigenvalue weighted by atomic mass is 35.5. The minimum absolute atomic E-state index is 0.109. The molecule has 2 N–H and O–H groups in total. The smallest absolute Gasteiger partial charge is 0.245 e. The first-order chi connectivity index (χ1) is 12.2. The van der Waals surface area contributed by atoms with Crippen LogP contribution >= 0.6 is 11.6 Å². The van der Waals surface area contributed by atoms with Crippen molar-refractivity contribution in [2.75, 3.05) is 11.9 Å². The van der Waals surface area contributed by atoms with Gasteiger partial charge in [-0.1, -0.05) is 29.8 Å². The van der Waals surface area contributed by atoms with E-state index < -0.39 is 22.0 Å². The molecule has 0 saturated heterocycles. The van der Waals surface area contributed by atoms with Crippen LogP contribution in [0.1, 0.15) is 19.4 Å². The lowest BCUT2D eigenvalue weighted by molar-refractivity contribution is -0.117. The first kappa shape index (κ1) is 20.2. The Morgan fingerprint density at radius 1 is 1.23 bits per heavy atom. The number of benzene rings is 2. The SMILES string of the molecule is CCOc1ccc(Cl)cc1S(=O)(=O)NC(C)C(=O)Nc1ccccc1C. The molecule has 0 aliphatic rings. The van der Waals surface area contributed by atoms with Gasteiger partial charge in [0.2, 0.25) is 15.9 Å². The molecule has 6 nitrogen and oxygen atoms in total. The lowest BCUT2D eigenvalue weighted by atomic mass is 10.2. The molecule has 2 rings (SSSR count). The number of para-hydroxylation sites is 1. The molecule has 26 heavy (non-hydrogen) atoms. The van der Waals surface area contributed by atoms with Gasteiger partial charge in [0.1, 0.15) is 10.6 Å². The Morgan fingerprint density at radius 3 is 2.58 bits per heavy atom. The normalized spacial score (nSPS) is 12.5. The standard InChI is InChI=1S/C18H21ClN2O4S/c1-4-25-16-10-9-14(19)11-17(16)26(23,24)21-13(3)18(22)20-15-8-6-5-7-12(15)2/h5-11,13,21H,4H2,1-3H3,(H,20,22). The number of halogens is 1. The number of amides is 1. The van der Waals surface area contributed by atoms with Gasteiger partial charge in [-0.05, 0) is 50.6 Å². The van der Waals surface area contributed by atoms with Crippen LogP contribution < -0.4 is 14.8 Å². The number of anilines is 1. The zero-order valence-corrected chi connectivity index (χ0v) is 16.3. The molecule has 0 spiro atoms. The Hall–Kier alpha value is -2.09. The first-order valence-corrected chi connectivity index (χ1v) is 9.92. The van der Waals surface area contributed by atoms with Crippen molar-refractivity contribution >= 4 is 33.2 Å². The van der Waals surface area contributed by atoms with Crippen molar-refractivity contribution in [1.29, 1.82) is 0 Å². The predicted molar refractivity (Wildman–Crippen MR) is 102 cm³/mol. The third kappa shape index (κ3) is 4.97. The fraction of sp³-hybridized carbons (Fsp3) is 0.278. The average molecular weight is 397 g/mol. The molecule has 0 aliphatic carbocycles. The molecule has 1 amide bonds. The maximum atomic E-state index is 12.7. The fourth-order valence-corrected chi connectivity index (χ4v) is 3.88. The van der Waals surface area contributed by atoms with E-state index in [4.69, 9.17) is 16.3 Å². The number of nitrogens with one attached hydrogen (secondary N) is 2. The van der Waals surface area contributed by atoms with E-state index in [1.165, 1.54) is 19.1 Å². The number of rotatable bonds is 7. The third-order valence-corrected chi connectivity index (χ3v) is 5.42. The van der Waals surface area contributed by atoms with Crippen LogP contribution in [0.2, 0.25) is 5.02 Å². The van der Waals surface area contributed by atoms with Gasteiger partial charge in [-0.3, -0.25) is 4.79 Å². The summed E-state index contributed by atoms with van der Waals surface area (Å²) in [6.45, 7) is 5.37. The first-order valence-electron chi connectivity index (χ1n) is 8.05. The molecule has 0 saturated carbocycles. The van der Waals surface area contributed by atoms with E-state index in [2.05, 4.69) is 10.0 Å². The molecule has 0 aromatic heterocycles. The van der Waals surface area contributed by atoms with E-state index in [0.29, 0.717) is 12.3 Å². The van der Waals surface area contributed by atoms with E-state index in [1.807, 2.05) is 19.1 Å². The lowest BCUT2D eigenvalue weighted by Crippen LogP contribution is -2.41. The monoisotopic (exact) mass is 396 g/mol. The summed E-state index contributed by atoms with van der Waals surface area (Å²) >= 11 is 5.92. The van der Waals surface area contributed by atoms with Crippen LogP contribution in [-0.2, 0) is 14.8 Å². The largest absolute Gasteiger partial charge is 0.492 e. The summed E-state index contributed by atoms with van der Waals surface area (Å²) in [6, 6.07) is 10.6. The van der Waals surface area contributed by atoms with Gasteiger partial charge in [-0.25, -0.2) is 8.42 Å². The summed E-state index contributed by atoms with van der Waals surface area (Å²) in [5.74, 6) is -0.293. The molecule has 0 heterocycles. The molecule has 140 valence electrons. The number of carbonyl (C=O) groups excluding carboxylic acids is 1. The Kier molecular flexibility index (Phi) is 6.63. The van der Waals surface area contributed by atoms with Crippen LogP contribution in [0, 0.1) is 6.92 Å². The minimum Gasteiger partial charge on any atom is -0.492 e. The van der Waals surface area contributed by atoms with Crippen molar-refractivity contribution in [2.45, 2.75) is 31.7 Å². The minimum atomic E-state index is -4.00. The zero-order chi connectivity index (χ0) is 19.3. The maximum Gasteiger partial charge on any atom is 0.245 e. The summed E-state index contributed by atoms with van der Waals surface area (Å²) in [5.41, 5.74) is 1.51. The van der Waals surface area contributed by atoms with Crippen molar-refractivity contribution in [3.63, 3.8) is 0 Å². The van der Waals surface area contributed by atoms with Crippen LogP contribution in [0.25, 0.3) is 0 Å². The number of carbonyl (C=O) groups is 1. The molecule has 2 aromatic carbocycles. The van der Waals surface area contributed by atoms with Crippen molar-refractivity contribution in [2.24, 2.45) is 0 Å². The van der Waals surface area contributed by atoms with E-state index in [0.717, 1.165) is 5.56 Å². The van der Waals surface area contributed by atoms with Gasteiger partial charge in [-0.15, -0.1) is 0 Å². The second kappa shape index (κ2) is 8.53. The molecule has 2 aromatic rings. The fourth-order valence-electron chi connectivity index (χ4n) is 2.27. The van der Waals surface area contributed by atoms with E-state index in [1.54, 1.807) is 25.1 Å². The van der Waals surface area contributed by atoms with Gasteiger partial charge in [0, 0.05) is 10.7 Å². The molecular weight excluding hydrogens is 376 g/mol. The summed E-state index contributed by atoms with van der Waals surface area (Å²) in [4.78, 5) is 12.2. The molecule has 0 bridgehead atoms. The third-order valence-electron chi connectivity index (χ3n) is 3.62. The van der Waals surface area contributed by atoms with Gasteiger partial charge in [0.05, 0.1) is 12.6 Å². The Bertz CT molecular complexity index is 900. The summed E-state index contributed by atoms with van der Waals surface area (Å²) < 4.78 is 33.1. The summed E-state index contributed by atoms with van der Waals surface area (Å²) in [7, 11) is -4.00. The van der Waals surface area contributed by atoms with Gasteiger partial charge >= 0.3 is 0 Å². The maximum absolute atomic E-state index is 12.7. The van der Waals surface area contributed by atoms with Crippen LogP contribution in [0.4, 0.5) is 5.69 Å². The second-order valence-electron chi connectivity index (χ2n) is 5.67. The highest BCUT2D eigenvalue weighted by Gasteiger charge is 2.25. The lowest BCUT2D eigenvalue weighted by Gasteiger charge is -2.17. The van der Waals surface area contributed by atoms with Crippen molar-refractivity contribution in [3.8, 4) is 5.75 Å². The Balaban J connectivity index is 2.19.